The predicted octanol–water partition coefficient (Wildman–Crippen LogP) is 4.66. The zero-order chi connectivity index (χ0) is 25.8. The molecule has 1 aliphatic heterocycles. The number of aliphatic carboxylic acids is 1. The number of benzene rings is 3. The average molecular weight is 525 g/mol. The quantitative estimate of drug-likeness (QED) is 0.396. The van der Waals surface area contributed by atoms with Gasteiger partial charge in [-0.1, -0.05) is 66.7 Å². The third-order valence-corrected chi connectivity index (χ3v) is 9.71. The Labute approximate surface area is 217 Å². The van der Waals surface area contributed by atoms with E-state index in [4.69, 9.17) is 0 Å². The van der Waals surface area contributed by atoms with Crippen LogP contribution in [0.15, 0.2) is 83.8 Å². The van der Waals surface area contributed by atoms with Gasteiger partial charge >= 0.3 is 5.97 Å². The molecule has 1 atom stereocenters. The molecule has 8 heteroatoms. The lowest BCUT2D eigenvalue weighted by Crippen LogP contribution is -2.58. The van der Waals surface area contributed by atoms with Gasteiger partial charge in [0.15, 0.2) is 0 Å². The first-order chi connectivity index (χ1) is 17.2. The molecule has 1 heterocycles. The molecule has 0 radical (unpaired) electrons. The van der Waals surface area contributed by atoms with Gasteiger partial charge in [-0.15, -0.1) is 0 Å². The Bertz CT molecular complexity index is 1280. The maximum Gasteiger partial charge on any atom is 0.323 e. The summed E-state index contributed by atoms with van der Waals surface area (Å²) in [7, 11) is -3.94. The molecule has 3 aromatic rings. The number of nitrogens with one attached hydrogen (secondary N) is 1. The van der Waals surface area contributed by atoms with Crippen LogP contribution in [0, 0.1) is 0 Å². The van der Waals surface area contributed by atoms with E-state index in [0.29, 0.717) is 5.75 Å². The summed E-state index contributed by atoms with van der Waals surface area (Å²) in [5.74, 6) is -0.566. The highest BCUT2D eigenvalue weighted by Gasteiger charge is 2.48. The summed E-state index contributed by atoms with van der Waals surface area (Å²) in [6.45, 7) is 5.42. The van der Waals surface area contributed by atoms with Gasteiger partial charge in [-0.25, -0.2) is 8.42 Å². The molecule has 2 N–H and O–H groups in total. The van der Waals surface area contributed by atoms with Crippen LogP contribution in [-0.4, -0.2) is 53.4 Å². The molecule has 1 saturated heterocycles. The van der Waals surface area contributed by atoms with Crippen LogP contribution in [0.3, 0.4) is 0 Å². The summed E-state index contributed by atoms with van der Waals surface area (Å²) in [6.07, 6.45) is 0.981. The van der Waals surface area contributed by atoms with E-state index >= 15 is 0 Å². The monoisotopic (exact) mass is 524 g/mol. The van der Waals surface area contributed by atoms with Crippen LogP contribution in [0.2, 0.25) is 0 Å². The fourth-order valence-electron chi connectivity index (χ4n) is 4.51. The fraction of sp³-hybridized carbons (Fsp3) is 0.321. The predicted molar refractivity (Wildman–Crippen MR) is 146 cm³/mol. The lowest BCUT2D eigenvalue weighted by Gasteiger charge is -2.42. The molecule has 0 bridgehead atoms. The summed E-state index contributed by atoms with van der Waals surface area (Å²) in [5.41, 5.74) is 4.39. The number of hydrogen-bond acceptors (Lipinski definition) is 5. The molecule has 0 spiro atoms. The second kappa shape index (κ2) is 11.2. The molecule has 1 fully saturated rings. The average Bonchev–Trinajstić information content (AvgIpc) is 2.87. The van der Waals surface area contributed by atoms with Gasteiger partial charge in [-0.3, -0.25) is 4.79 Å². The molecule has 1 aliphatic rings. The smallest absolute Gasteiger partial charge is 0.323 e. The Morgan fingerprint density at radius 3 is 2.19 bits per heavy atom. The second-order valence-electron chi connectivity index (χ2n) is 9.44. The minimum absolute atomic E-state index is 0.111. The number of carboxylic acids is 1. The van der Waals surface area contributed by atoms with Crippen molar-refractivity contribution in [3.8, 4) is 11.1 Å². The molecule has 190 valence electrons. The zero-order valence-electron chi connectivity index (χ0n) is 20.6. The topological polar surface area (TPSA) is 86.7 Å². The van der Waals surface area contributed by atoms with Crippen LogP contribution >= 0.6 is 11.8 Å². The van der Waals surface area contributed by atoms with Crippen molar-refractivity contribution in [3.63, 3.8) is 0 Å². The fourth-order valence-corrected chi connectivity index (χ4v) is 7.61. The number of hydrogen-bond donors (Lipinski definition) is 2. The number of carbonyl (C=O) groups is 1. The van der Waals surface area contributed by atoms with Crippen molar-refractivity contribution in [1.82, 2.24) is 9.62 Å². The maximum atomic E-state index is 13.3. The first-order valence-electron chi connectivity index (χ1n) is 12.0. The van der Waals surface area contributed by atoms with Gasteiger partial charge in [0.2, 0.25) is 10.0 Å². The molecule has 0 aromatic heterocycles. The van der Waals surface area contributed by atoms with E-state index in [1.807, 2.05) is 18.2 Å². The molecule has 4 rings (SSSR count). The van der Waals surface area contributed by atoms with E-state index in [-0.39, 0.29) is 11.4 Å². The summed E-state index contributed by atoms with van der Waals surface area (Å²) >= 11 is 1.49. The van der Waals surface area contributed by atoms with Gasteiger partial charge in [-0.05, 0) is 61.2 Å². The number of nitrogens with zero attached hydrogens (tertiary/aromatic N) is 1. The molecule has 1 unspecified atom stereocenters. The molecule has 3 aromatic carbocycles. The summed E-state index contributed by atoms with van der Waals surface area (Å²) < 4.78 is 27.1. The van der Waals surface area contributed by atoms with Crippen LogP contribution in [0.1, 0.15) is 25.0 Å². The van der Waals surface area contributed by atoms with Crippen molar-refractivity contribution in [1.29, 1.82) is 0 Å². The van der Waals surface area contributed by atoms with E-state index in [2.05, 4.69) is 41.7 Å². The van der Waals surface area contributed by atoms with E-state index < -0.39 is 26.8 Å². The summed E-state index contributed by atoms with van der Waals surface area (Å²) in [5, 5.41) is 13.2. The van der Waals surface area contributed by atoms with Crippen molar-refractivity contribution in [3.05, 3.63) is 90.0 Å². The Morgan fingerprint density at radius 2 is 1.58 bits per heavy atom. The van der Waals surface area contributed by atoms with E-state index in [0.717, 1.165) is 34.9 Å². The first-order valence-corrected chi connectivity index (χ1v) is 14.4. The van der Waals surface area contributed by atoms with Crippen LogP contribution < -0.4 is 5.32 Å². The minimum atomic E-state index is -3.94. The Hall–Kier alpha value is -2.65. The molecule has 6 nitrogen and oxygen atoms in total. The second-order valence-corrected chi connectivity index (χ2v) is 13.1. The van der Waals surface area contributed by atoms with Crippen LogP contribution in [-0.2, 0) is 27.8 Å². The third kappa shape index (κ3) is 6.00. The van der Waals surface area contributed by atoms with Gasteiger partial charge in [0, 0.05) is 23.6 Å². The van der Waals surface area contributed by atoms with Crippen LogP contribution in [0.4, 0.5) is 0 Å². The molecule has 0 amide bonds. The number of carboxylic acid groups (broad SMARTS) is 1. The van der Waals surface area contributed by atoms with E-state index in [1.165, 1.54) is 22.9 Å². The molecule has 36 heavy (non-hydrogen) atoms. The third-order valence-electron chi connectivity index (χ3n) is 6.48. The van der Waals surface area contributed by atoms with E-state index in [9.17, 15) is 18.3 Å². The normalized spacial score (nSPS) is 18.1. The number of thioether (sulfide) groups is 1. The van der Waals surface area contributed by atoms with Crippen molar-refractivity contribution in [2.75, 3.05) is 18.8 Å². The van der Waals surface area contributed by atoms with Gasteiger partial charge in [0.25, 0.3) is 0 Å². The number of sulfonamides is 1. The minimum Gasteiger partial charge on any atom is -0.480 e. The van der Waals surface area contributed by atoms with Gasteiger partial charge in [-0.2, -0.15) is 16.1 Å². The molecule has 0 saturated carbocycles. The van der Waals surface area contributed by atoms with Crippen molar-refractivity contribution in [2.24, 2.45) is 0 Å². The van der Waals surface area contributed by atoms with E-state index in [1.54, 1.807) is 38.1 Å². The Kier molecular flexibility index (Phi) is 8.20. The summed E-state index contributed by atoms with van der Waals surface area (Å²) in [4.78, 5) is 12.1. The summed E-state index contributed by atoms with van der Waals surface area (Å²) in [6, 6.07) is 24.2. The molecular formula is C28H32N2O4S2. The molecular weight excluding hydrogens is 492 g/mol. The first kappa shape index (κ1) is 26.4. The lowest BCUT2D eigenvalue weighted by atomic mass is 10.0. The lowest BCUT2D eigenvalue weighted by molar-refractivity contribution is -0.142. The largest absolute Gasteiger partial charge is 0.480 e. The Balaban J connectivity index is 1.40. The Morgan fingerprint density at radius 1 is 0.972 bits per heavy atom. The highest BCUT2D eigenvalue weighted by atomic mass is 32.2. The van der Waals surface area contributed by atoms with Crippen molar-refractivity contribution < 1.29 is 18.3 Å². The van der Waals surface area contributed by atoms with Gasteiger partial charge in [0.1, 0.15) is 6.04 Å². The highest BCUT2D eigenvalue weighted by Crippen LogP contribution is 2.38. The maximum absolute atomic E-state index is 13.3. The highest BCUT2D eigenvalue weighted by molar-refractivity contribution is 8.00. The van der Waals surface area contributed by atoms with Gasteiger partial charge < -0.3 is 10.4 Å². The SMILES string of the molecule is CC1(C)SCCN(S(=O)(=O)c2ccc(-c3ccc(CNCCc4ccccc4)cc3)cc2)C1C(=O)O. The van der Waals surface area contributed by atoms with Gasteiger partial charge in [0.05, 0.1) is 4.90 Å². The standard InChI is InChI=1S/C28H32N2O4S2/c1-28(2)26(27(31)32)30(18-19-35-28)36(33,34)25-14-12-24(13-15-25)23-10-8-22(9-11-23)20-29-17-16-21-6-4-3-5-7-21/h3-15,26,29H,16-20H2,1-2H3,(H,31,32). The zero-order valence-corrected chi connectivity index (χ0v) is 22.2. The van der Waals surface area contributed by atoms with Crippen LogP contribution in [0.5, 0.6) is 0 Å². The van der Waals surface area contributed by atoms with Crippen molar-refractivity contribution in [2.45, 2.75) is 42.5 Å². The van der Waals surface area contributed by atoms with Crippen LogP contribution in [0.25, 0.3) is 11.1 Å². The molecule has 0 aliphatic carbocycles. The number of rotatable bonds is 9. The van der Waals surface area contributed by atoms with Crippen molar-refractivity contribution >= 4 is 27.8 Å².